The fourth-order valence-corrected chi connectivity index (χ4v) is 5.21. The van der Waals surface area contributed by atoms with E-state index in [0.29, 0.717) is 56.1 Å². The van der Waals surface area contributed by atoms with Gasteiger partial charge in [-0.25, -0.2) is 18.2 Å². The summed E-state index contributed by atoms with van der Waals surface area (Å²) in [5.74, 6) is 1.05. The molecule has 2 fully saturated rings. The number of hydrogen-bond acceptors (Lipinski definition) is 10. The second-order valence-corrected chi connectivity index (χ2v) is 11.4. The number of amides is 1. The smallest absolute Gasteiger partial charge is 0.367 e. The molecule has 2 atom stereocenters. The molecular formula is C23H24ClN8O4S+. The Morgan fingerprint density at radius 2 is 2.00 bits per heavy atom. The summed E-state index contributed by atoms with van der Waals surface area (Å²) < 4.78 is 31.1. The SMILES string of the molecule is C[C@@H](c1nc(N2CCOCC2)nn1-c1ccc(C#N)cn1)[N+]1(C(=O)c2cc(Cl)cc(S(C)(=O)=O)c2)CN1. The number of nitrogens with zero attached hydrogens (tertiary/aromatic N) is 7. The summed E-state index contributed by atoms with van der Waals surface area (Å²) in [6, 6.07) is 8.93. The van der Waals surface area contributed by atoms with E-state index in [4.69, 9.17) is 31.7 Å². The van der Waals surface area contributed by atoms with E-state index in [1.165, 1.54) is 24.4 Å². The Hall–Kier alpha value is -3.41. The number of carbonyl (C=O) groups is 1. The van der Waals surface area contributed by atoms with E-state index >= 15 is 0 Å². The van der Waals surface area contributed by atoms with Gasteiger partial charge in [0.2, 0.25) is 12.6 Å². The molecule has 2 saturated heterocycles. The predicted molar refractivity (Wildman–Crippen MR) is 132 cm³/mol. The zero-order valence-electron chi connectivity index (χ0n) is 20.1. The van der Waals surface area contributed by atoms with Crippen LogP contribution in [0.15, 0.2) is 41.4 Å². The van der Waals surface area contributed by atoms with Gasteiger partial charge in [0.25, 0.3) is 0 Å². The molecule has 192 valence electrons. The van der Waals surface area contributed by atoms with E-state index in [2.05, 4.69) is 10.4 Å². The first-order valence-electron chi connectivity index (χ1n) is 11.5. The zero-order chi connectivity index (χ0) is 26.4. The average molecular weight is 544 g/mol. The lowest BCUT2D eigenvalue weighted by Gasteiger charge is -2.25. The van der Waals surface area contributed by atoms with Crippen LogP contribution in [0.4, 0.5) is 5.95 Å². The van der Waals surface area contributed by atoms with Crippen LogP contribution in [0.25, 0.3) is 5.82 Å². The number of ether oxygens (including phenoxy) is 1. The number of aromatic nitrogens is 4. The zero-order valence-corrected chi connectivity index (χ0v) is 21.7. The summed E-state index contributed by atoms with van der Waals surface area (Å²) in [4.78, 5) is 24.9. The molecule has 1 unspecified atom stereocenters. The first-order chi connectivity index (χ1) is 17.6. The predicted octanol–water partition coefficient (Wildman–Crippen LogP) is 1.62. The van der Waals surface area contributed by atoms with Gasteiger partial charge in [-0.3, -0.25) is 0 Å². The minimum Gasteiger partial charge on any atom is -0.378 e. The van der Waals surface area contributed by atoms with E-state index in [1.54, 1.807) is 16.8 Å². The van der Waals surface area contributed by atoms with Crippen molar-refractivity contribution in [3.63, 3.8) is 0 Å². The van der Waals surface area contributed by atoms with E-state index in [0.717, 1.165) is 6.26 Å². The fraction of sp³-hybridized carbons (Fsp3) is 0.348. The molecule has 2 aromatic heterocycles. The Balaban J connectivity index is 1.55. The Morgan fingerprint density at radius 1 is 1.27 bits per heavy atom. The number of rotatable bonds is 6. The Labute approximate surface area is 218 Å². The number of hydrogen-bond donors (Lipinski definition) is 1. The van der Waals surface area contributed by atoms with Gasteiger partial charge in [0.15, 0.2) is 27.5 Å². The highest BCUT2D eigenvalue weighted by atomic mass is 35.5. The van der Waals surface area contributed by atoms with Crippen molar-refractivity contribution in [2.45, 2.75) is 17.9 Å². The molecule has 0 aliphatic carbocycles. The third-order valence-corrected chi connectivity index (χ3v) is 7.76. The van der Waals surface area contributed by atoms with Gasteiger partial charge in [0, 0.05) is 30.6 Å². The van der Waals surface area contributed by atoms with Crippen molar-refractivity contribution in [3.8, 4) is 11.9 Å². The number of quaternary nitrogens is 1. The topological polar surface area (TPSA) is 153 Å². The van der Waals surface area contributed by atoms with Crippen LogP contribution in [0.2, 0.25) is 5.02 Å². The Morgan fingerprint density at radius 3 is 2.59 bits per heavy atom. The molecule has 4 heterocycles. The molecule has 1 N–H and O–H groups in total. The molecular weight excluding hydrogens is 520 g/mol. The lowest BCUT2D eigenvalue weighted by atomic mass is 10.1. The number of anilines is 1. The first kappa shape index (κ1) is 25.2. The summed E-state index contributed by atoms with van der Waals surface area (Å²) in [7, 11) is -3.57. The van der Waals surface area contributed by atoms with Crippen LogP contribution < -0.4 is 10.3 Å². The number of halogens is 1. The molecule has 1 aromatic carbocycles. The first-order valence-corrected chi connectivity index (χ1v) is 13.7. The second kappa shape index (κ2) is 9.47. The third-order valence-electron chi connectivity index (χ3n) is 6.45. The molecule has 0 bridgehead atoms. The van der Waals surface area contributed by atoms with Gasteiger partial charge in [0.05, 0.1) is 29.2 Å². The normalized spacial score (nSPS) is 20.3. The summed E-state index contributed by atoms with van der Waals surface area (Å²) >= 11 is 6.17. The van der Waals surface area contributed by atoms with E-state index in [1.807, 2.05) is 17.9 Å². The number of carbonyl (C=O) groups excluding carboxylic acids is 1. The summed E-state index contributed by atoms with van der Waals surface area (Å²) in [6.45, 7) is 4.48. The maximum absolute atomic E-state index is 13.7. The maximum atomic E-state index is 13.7. The van der Waals surface area contributed by atoms with Crippen LogP contribution >= 0.6 is 11.6 Å². The van der Waals surface area contributed by atoms with Crippen molar-refractivity contribution < 1.29 is 22.5 Å². The van der Waals surface area contributed by atoms with Gasteiger partial charge in [-0.2, -0.15) is 14.9 Å². The van der Waals surface area contributed by atoms with Gasteiger partial charge in [0.1, 0.15) is 6.07 Å². The third kappa shape index (κ3) is 4.81. The van der Waals surface area contributed by atoms with Crippen molar-refractivity contribution in [2.24, 2.45) is 0 Å². The number of sulfone groups is 1. The lowest BCUT2D eigenvalue weighted by Crippen LogP contribution is -2.40. The molecule has 2 aliphatic rings. The van der Waals surface area contributed by atoms with Crippen molar-refractivity contribution >= 4 is 33.3 Å². The van der Waals surface area contributed by atoms with Crippen LogP contribution in [-0.4, -0.2) is 77.9 Å². The van der Waals surface area contributed by atoms with E-state index in [9.17, 15) is 13.2 Å². The van der Waals surface area contributed by atoms with Gasteiger partial charge >= 0.3 is 5.91 Å². The summed E-state index contributed by atoms with van der Waals surface area (Å²) in [5, 5.41) is 14.0. The highest BCUT2D eigenvalue weighted by molar-refractivity contribution is 7.90. The van der Waals surface area contributed by atoms with Crippen LogP contribution in [-0.2, 0) is 14.6 Å². The van der Waals surface area contributed by atoms with Gasteiger partial charge in [-0.15, -0.1) is 15.1 Å². The molecule has 2 aliphatic heterocycles. The number of nitrogens with one attached hydrogen (secondary N) is 1. The molecule has 1 amide bonds. The molecule has 0 spiro atoms. The monoisotopic (exact) mass is 543 g/mol. The molecule has 14 heteroatoms. The molecule has 37 heavy (non-hydrogen) atoms. The van der Waals surface area contributed by atoms with Crippen LogP contribution in [0, 0.1) is 11.3 Å². The van der Waals surface area contributed by atoms with Gasteiger partial charge in [-0.05, 0) is 37.3 Å². The molecule has 5 rings (SSSR count). The summed E-state index contributed by atoms with van der Waals surface area (Å²) in [6.07, 6.45) is 2.51. The maximum Gasteiger partial charge on any atom is 0.367 e. The highest BCUT2D eigenvalue weighted by Crippen LogP contribution is 2.36. The summed E-state index contributed by atoms with van der Waals surface area (Å²) in [5.41, 5.74) is 3.70. The number of morpholine rings is 1. The Bertz CT molecular complexity index is 1510. The quantitative estimate of drug-likeness (QED) is 0.358. The standard InChI is InChI=1S/C23H24ClN8O4S/c1-15(32(14-27-32)22(33)17-9-18(24)11-19(10-17)37(2,34)35)21-28-23(30-5-7-36-8-6-30)29-31(21)20-4-3-16(12-25)13-26-20/h3-4,9-11,13,15,27H,5-8,14H2,1-2H3/q+1/t15-,32?/m0/s1. The molecule has 12 nitrogen and oxygen atoms in total. The van der Waals surface area contributed by atoms with E-state index < -0.39 is 15.9 Å². The lowest BCUT2D eigenvalue weighted by molar-refractivity contribution is -0.773. The largest absolute Gasteiger partial charge is 0.378 e. The van der Waals surface area contributed by atoms with Crippen molar-refractivity contribution in [1.82, 2.24) is 25.2 Å². The number of nitriles is 1. The highest BCUT2D eigenvalue weighted by Gasteiger charge is 2.57. The van der Waals surface area contributed by atoms with E-state index in [-0.39, 0.29) is 26.0 Å². The average Bonchev–Trinajstić information content (AvgIpc) is 3.59. The number of benzene rings is 1. The minimum atomic E-state index is -3.57. The molecule has 3 aromatic rings. The van der Waals surface area contributed by atoms with Crippen LogP contribution in [0.1, 0.15) is 34.7 Å². The number of pyridine rings is 1. The van der Waals surface area contributed by atoms with Gasteiger partial charge < -0.3 is 9.64 Å². The fourth-order valence-electron chi connectivity index (χ4n) is 4.22. The molecule has 0 radical (unpaired) electrons. The van der Waals surface area contributed by atoms with Crippen LogP contribution in [0.3, 0.4) is 0 Å². The van der Waals surface area contributed by atoms with Crippen LogP contribution in [0.5, 0.6) is 0 Å². The van der Waals surface area contributed by atoms with Gasteiger partial charge in [-0.1, -0.05) is 11.6 Å². The molecule has 0 saturated carbocycles. The van der Waals surface area contributed by atoms with Crippen molar-refractivity contribution in [3.05, 3.63) is 58.5 Å². The van der Waals surface area contributed by atoms with Crippen molar-refractivity contribution in [1.29, 1.82) is 5.26 Å². The second-order valence-electron chi connectivity index (χ2n) is 8.91. The van der Waals surface area contributed by atoms with Crippen molar-refractivity contribution in [2.75, 3.05) is 44.1 Å². The Kier molecular flexibility index (Phi) is 6.47. The minimum absolute atomic E-state index is 0.0319.